The summed E-state index contributed by atoms with van der Waals surface area (Å²) in [7, 11) is 0. The standard InChI is InChI=1S/C21H21FN4O/c1-13-8-9-17(10-14(13)2)25-20(27)19-11-15(3)24-21(26-19)23-12-16-6-4-5-7-18(16)22/h4-11H,12H2,1-3H3,(H,25,27)(H,23,24,26). The summed E-state index contributed by atoms with van der Waals surface area (Å²) >= 11 is 0. The zero-order valence-electron chi connectivity index (χ0n) is 15.5. The van der Waals surface area contributed by atoms with E-state index in [1.807, 2.05) is 32.0 Å². The van der Waals surface area contributed by atoms with Crippen molar-refractivity contribution in [1.29, 1.82) is 0 Å². The van der Waals surface area contributed by atoms with Crippen LogP contribution >= 0.6 is 0 Å². The highest BCUT2D eigenvalue weighted by Crippen LogP contribution is 2.16. The summed E-state index contributed by atoms with van der Waals surface area (Å²) < 4.78 is 13.7. The van der Waals surface area contributed by atoms with Crippen molar-refractivity contribution in [2.45, 2.75) is 27.3 Å². The minimum atomic E-state index is -0.322. The first kappa shape index (κ1) is 18.5. The van der Waals surface area contributed by atoms with E-state index in [1.165, 1.54) is 6.07 Å². The van der Waals surface area contributed by atoms with Crippen molar-refractivity contribution >= 4 is 17.5 Å². The van der Waals surface area contributed by atoms with Crippen LogP contribution in [-0.2, 0) is 6.54 Å². The second-order valence-corrected chi connectivity index (χ2v) is 6.42. The first-order valence-corrected chi connectivity index (χ1v) is 8.64. The molecule has 0 aliphatic rings. The quantitative estimate of drug-likeness (QED) is 0.704. The Morgan fingerprint density at radius 3 is 2.52 bits per heavy atom. The predicted octanol–water partition coefficient (Wildman–Crippen LogP) is 4.41. The Morgan fingerprint density at radius 1 is 1.00 bits per heavy atom. The van der Waals surface area contributed by atoms with Gasteiger partial charge in [0.05, 0.1) is 0 Å². The van der Waals surface area contributed by atoms with Crippen molar-refractivity contribution in [3.05, 3.63) is 82.4 Å². The van der Waals surface area contributed by atoms with E-state index in [2.05, 4.69) is 20.6 Å². The molecule has 0 fully saturated rings. The van der Waals surface area contributed by atoms with Gasteiger partial charge in [-0.15, -0.1) is 0 Å². The van der Waals surface area contributed by atoms with E-state index in [9.17, 15) is 9.18 Å². The van der Waals surface area contributed by atoms with E-state index in [1.54, 1.807) is 31.2 Å². The van der Waals surface area contributed by atoms with E-state index in [-0.39, 0.29) is 29.9 Å². The molecular weight excluding hydrogens is 343 g/mol. The molecule has 0 saturated heterocycles. The van der Waals surface area contributed by atoms with E-state index in [0.717, 1.165) is 11.1 Å². The number of aromatic nitrogens is 2. The van der Waals surface area contributed by atoms with Crippen molar-refractivity contribution in [2.24, 2.45) is 0 Å². The van der Waals surface area contributed by atoms with Crippen molar-refractivity contribution < 1.29 is 9.18 Å². The number of nitrogens with one attached hydrogen (secondary N) is 2. The van der Waals surface area contributed by atoms with Crippen LogP contribution in [0.2, 0.25) is 0 Å². The number of nitrogens with zero attached hydrogens (tertiary/aromatic N) is 2. The number of aryl methyl sites for hydroxylation is 3. The number of hydrogen-bond acceptors (Lipinski definition) is 4. The van der Waals surface area contributed by atoms with Crippen molar-refractivity contribution in [3.8, 4) is 0 Å². The molecule has 0 spiro atoms. The number of amides is 1. The summed E-state index contributed by atoms with van der Waals surface area (Å²) in [6, 6.07) is 13.8. The van der Waals surface area contributed by atoms with Gasteiger partial charge in [0, 0.05) is 23.5 Å². The number of benzene rings is 2. The molecule has 1 heterocycles. The molecule has 1 amide bonds. The highest BCUT2D eigenvalue weighted by atomic mass is 19.1. The van der Waals surface area contributed by atoms with Crippen LogP contribution in [0.3, 0.4) is 0 Å². The predicted molar refractivity (Wildman–Crippen MR) is 104 cm³/mol. The van der Waals surface area contributed by atoms with Crippen LogP contribution in [0.25, 0.3) is 0 Å². The smallest absolute Gasteiger partial charge is 0.274 e. The van der Waals surface area contributed by atoms with Crippen LogP contribution in [0.15, 0.2) is 48.5 Å². The summed E-state index contributed by atoms with van der Waals surface area (Å²) in [5.41, 5.74) is 4.36. The monoisotopic (exact) mass is 364 g/mol. The number of anilines is 2. The zero-order chi connectivity index (χ0) is 19.4. The van der Waals surface area contributed by atoms with Gasteiger partial charge >= 0.3 is 0 Å². The van der Waals surface area contributed by atoms with Gasteiger partial charge in [-0.05, 0) is 56.2 Å². The first-order valence-electron chi connectivity index (χ1n) is 8.64. The molecule has 2 aromatic carbocycles. The molecule has 2 N–H and O–H groups in total. The summed E-state index contributed by atoms with van der Waals surface area (Å²) in [5, 5.41) is 5.82. The minimum absolute atomic E-state index is 0.230. The van der Waals surface area contributed by atoms with Crippen LogP contribution in [0.4, 0.5) is 16.0 Å². The first-order chi connectivity index (χ1) is 12.9. The lowest BCUT2D eigenvalue weighted by Crippen LogP contribution is -2.16. The highest BCUT2D eigenvalue weighted by Gasteiger charge is 2.12. The lowest BCUT2D eigenvalue weighted by molar-refractivity contribution is 0.102. The SMILES string of the molecule is Cc1cc(C(=O)Nc2ccc(C)c(C)c2)nc(NCc2ccccc2F)n1. The van der Waals surface area contributed by atoms with Crippen LogP contribution < -0.4 is 10.6 Å². The van der Waals surface area contributed by atoms with Gasteiger partial charge in [-0.2, -0.15) is 0 Å². The molecule has 6 heteroatoms. The Bertz CT molecular complexity index is 988. The molecule has 5 nitrogen and oxygen atoms in total. The third kappa shape index (κ3) is 4.67. The highest BCUT2D eigenvalue weighted by molar-refractivity contribution is 6.03. The van der Waals surface area contributed by atoms with Crippen molar-refractivity contribution in [2.75, 3.05) is 10.6 Å². The number of carbonyl (C=O) groups excluding carboxylic acids is 1. The zero-order valence-corrected chi connectivity index (χ0v) is 15.5. The topological polar surface area (TPSA) is 66.9 Å². The Morgan fingerprint density at radius 2 is 1.78 bits per heavy atom. The normalized spacial score (nSPS) is 10.5. The van der Waals surface area contributed by atoms with E-state index in [0.29, 0.717) is 16.9 Å². The lowest BCUT2D eigenvalue weighted by atomic mass is 10.1. The number of carbonyl (C=O) groups is 1. The van der Waals surface area contributed by atoms with Crippen molar-refractivity contribution in [3.63, 3.8) is 0 Å². The van der Waals surface area contributed by atoms with Gasteiger partial charge in [0.1, 0.15) is 11.5 Å². The summed E-state index contributed by atoms with van der Waals surface area (Å²) in [5.74, 6) is -0.341. The molecular formula is C21H21FN4O. The van der Waals surface area contributed by atoms with Gasteiger partial charge in [-0.1, -0.05) is 24.3 Å². The van der Waals surface area contributed by atoms with Gasteiger partial charge in [0.25, 0.3) is 5.91 Å². The third-order valence-corrected chi connectivity index (χ3v) is 4.25. The van der Waals surface area contributed by atoms with Crippen LogP contribution in [-0.4, -0.2) is 15.9 Å². The fraction of sp³-hybridized carbons (Fsp3) is 0.190. The Kier molecular flexibility index (Phi) is 5.45. The average molecular weight is 364 g/mol. The fourth-order valence-corrected chi connectivity index (χ4v) is 2.59. The molecule has 0 atom stereocenters. The number of hydrogen-bond donors (Lipinski definition) is 2. The van der Waals surface area contributed by atoms with Crippen molar-refractivity contribution in [1.82, 2.24) is 9.97 Å². The van der Waals surface area contributed by atoms with E-state index < -0.39 is 0 Å². The van der Waals surface area contributed by atoms with Gasteiger partial charge in [0.2, 0.25) is 5.95 Å². The average Bonchev–Trinajstić information content (AvgIpc) is 2.63. The number of rotatable bonds is 5. The minimum Gasteiger partial charge on any atom is -0.350 e. The van der Waals surface area contributed by atoms with Gasteiger partial charge in [0.15, 0.2) is 0 Å². The Labute approximate surface area is 157 Å². The van der Waals surface area contributed by atoms with Crippen LogP contribution in [0, 0.1) is 26.6 Å². The maximum Gasteiger partial charge on any atom is 0.274 e. The van der Waals surface area contributed by atoms with Crippen LogP contribution in [0.5, 0.6) is 0 Å². The van der Waals surface area contributed by atoms with Gasteiger partial charge < -0.3 is 10.6 Å². The molecule has 3 rings (SSSR count). The fourth-order valence-electron chi connectivity index (χ4n) is 2.59. The molecule has 0 bridgehead atoms. The molecule has 0 unspecified atom stereocenters. The molecule has 0 aliphatic carbocycles. The summed E-state index contributed by atoms with van der Waals surface area (Å²) in [6.07, 6.45) is 0. The summed E-state index contributed by atoms with van der Waals surface area (Å²) in [6.45, 7) is 6.02. The molecule has 0 radical (unpaired) electrons. The second-order valence-electron chi connectivity index (χ2n) is 6.42. The molecule has 0 aliphatic heterocycles. The maximum absolute atomic E-state index is 13.7. The molecule has 1 aromatic heterocycles. The molecule has 27 heavy (non-hydrogen) atoms. The van der Waals surface area contributed by atoms with E-state index >= 15 is 0 Å². The van der Waals surface area contributed by atoms with E-state index in [4.69, 9.17) is 0 Å². The Balaban J connectivity index is 1.75. The summed E-state index contributed by atoms with van der Waals surface area (Å²) in [4.78, 5) is 21.1. The second kappa shape index (κ2) is 7.95. The Hall–Kier alpha value is -3.28. The van der Waals surface area contributed by atoms with Gasteiger partial charge in [-0.25, -0.2) is 14.4 Å². The largest absolute Gasteiger partial charge is 0.350 e. The molecule has 0 saturated carbocycles. The molecule has 138 valence electrons. The molecule has 3 aromatic rings. The van der Waals surface area contributed by atoms with Gasteiger partial charge in [-0.3, -0.25) is 4.79 Å². The number of halogens is 1. The maximum atomic E-state index is 13.7. The lowest BCUT2D eigenvalue weighted by Gasteiger charge is -2.10. The van der Waals surface area contributed by atoms with Crippen LogP contribution in [0.1, 0.15) is 32.9 Å². The third-order valence-electron chi connectivity index (χ3n) is 4.25.